The van der Waals surface area contributed by atoms with Crippen molar-refractivity contribution in [2.45, 2.75) is 19.4 Å². The van der Waals surface area contributed by atoms with Crippen LogP contribution in [0.2, 0.25) is 0 Å². The van der Waals surface area contributed by atoms with Crippen molar-refractivity contribution in [3.8, 4) is 0 Å². The van der Waals surface area contributed by atoms with Gasteiger partial charge in [0.1, 0.15) is 5.76 Å². The Balaban J connectivity index is 1.98. The number of rotatable bonds is 4. The molecular formula is C14H18N4O. The highest BCUT2D eigenvalue weighted by Gasteiger charge is 2.06. The van der Waals surface area contributed by atoms with Crippen molar-refractivity contribution in [1.29, 1.82) is 0 Å². The quantitative estimate of drug-likeness (QED) is 0.340. The van der Waals surface area contributed by atoms with Crippen molar-refractivity contribution in [3.05, 3.63) is 54.5 Å². The highest BCUT2D eigenvalue weighted by molar-refractivity contribution is 5.93. The van der Waals surface area contributed by atoms with Crippen molar-refractivity contribution in [2.75, 3.05) is 5.32 Å². The third-order valence-corrected chi connectivity index (χ3v) is 2.60. The fraction of sp³-hybridized carbons (Fsp3) is 0.214. The number of nitrogens with two attached hydrogens (primary N) is 1. The molecule has 1 heterocycles. The third-order valence-electron chi connectivity index (χ3n) is 2.60. The second-order valence-corrected chi connectivity index (χ2v) is 4.25. The predicted octanol–water partition coefficient (Wildman–Crippen LogP) is 2.14. The standard InChI is InChI=1S/C14H18N4O/c1-11(10-13-8-5-9-19-13)16-14(18-15)17-12-6-3-2-4-7-12/h2-9,11H,10,15H2,1H3,(H2,16,17,18). The first-order chi connectivity index (χ1) is 9.28. The Morgan fingerprint density at radius 1 is 1.26 bits per heavy atom. The van der Waals surface area contributed by atoms with Crippen LogP contribution in [0.3, 0.4) is 0 Å². The first kappa shape index (κ1) is 13.2. The summed E-state index contributed by atoms with van der Waals surface area (Å²) < 4.78 is 5.30. The number of hydrazine groups is 1. The van der Waals surface area contributed by atoms with Gasteiger partial charge in [0.05, 0.1) is 12.3 Å². The van der Waals surface area contributed by atoms with Gasteiger partial charge in [-0.3, -0.25) is 5.43 Å². The number of benzene rings is 1. The number of furan rings is 1. The lowest BCUT2D eigenvalue weighted by atomic mass is 10.2. The van der Waals surface area contributed by atoms with E-state index in [9.17, 15) is 0 Å². The molecule has 19 heavy (non-hydrogen) atoms. The number of nitrogens with one attached hydrogen (secondary N) is 2. The average molecular weight is 258 g/mol. The zero-order chi connectivity index (χ0) is 13.5. The van der Waals surface area contributed by atoms with Gasteiger partial charge in [0.2, 0.25) is 5.96 Å². The minimum atomic E-state index is 0.0633. The van der Waals surface area contributed by atoms with Crippen LogP contribution in [0, 0.1) is 0 Å². The van der Waals surface area contributed by atoms with Crippen LogP contribution in [0.4, 0.5) is 5.69 Å². The van der Waals surface area contributed by atoms with E-state index in [2.05, 4.69) is 15.7 Å². The monoisotopic (exact) mass is 258 g/mol. The number of hydrogen-bond donors (Lipinski definition) is 3. The summed E-state index contributed by atoms with van der Waals surface area (Å²) in [7, 11) is 0. The van der Waals surface area contributed by atoms with E-state index in [0.29, 0.717) is 5.96 Å². The molecule has 1 unspecified atom stereocenters. The van der Waals surface area contributed by atoms with Crippen LogP contribution in [0.1, 0.15) is 12.7 Å². The van der Waals surface area contributed by atoms with E-state index in [4.69, 9.17) is 10.3 Å². The lowest BCUT2D eigenvalue weighted by Gasteiger charge is -2.11. The van der Waals surface area contributed by atoms with Gasteiger partial charge in [0.15, 0.2) is 0 Å². The molecule has 0 aliphatic rings. The number of guanidine groups is 1. The second kappa shape index (κ2) is 6.61. The number of anilines is 1. The van der Waals surface area contributed by atoms with Gasteiger partial charge in [-0.15, -0.1) is 0 Å². The van der Waals surface area contributed by atoms with Crippen molar-refractivity contribution < 1.29 is 4.42 Å². The summed E-state index contributed by atoms with van der Waals surface area (Å²) >= 11 is 0. The Morgan fingerprint density at radius 2 is 2.05 bits per heavy atom. The van der Waals surface area contributed by atoms with Gasteiger partial charge in [0, 0.05) is 12.1 Å². The molecule has 0 aliphatic carbocycles. The van der Waals surface area contributed by atoms with E-state index in [0.717, 1.165) is 17.9 Å². The zero-order valence-electron chi connectivity index (χ0n) is 10.8. The van der Waals surface area contributed by atoms with E-state index in [-0.39, 0.29) is 6.04 Å². The summed E-state index contributed by atoms with van der Waals surface area (Å²) in [5, 5.41) is 3.12. The van der Waals surface area contributed by atoms with Crippen LogP contribution >= 0.6 is 0 Å². The first-order valence-corrected chi connectivity index (χ1v) is 6.17. The summed E-state index contributed by atoms with van der Waals surface area (Å²) in [6.45, 7) is 2.01. The van der Waals surface area contributed by atoms with Crippen molar-refractivity contribution in [1.82, 2.24) is 5.43 Å². The molecule has 4 N–H and O–H groups in total. The Labute approximate surface area is 112 Å². The fourth-order valence-corrected chi connectivity index (χ4v) is 1.75. The Bertz CT molecular complexity index is 508. The SMILES string of the molecule is CC(Cc1ccco1)N=C(NN)Nc1ccccc1. The van der Waals surface area contributed by atoms with Gasteiger partial charge in [-0.2, -0.15) is 0 Å². The summed E-state index contributed by atoms with van der Waals surface area (Å²) in [5.41, 5.74) is 3.50. The maximum Gasteiger partial charge on any atom is 0.210 e. The van der Waals surface area contributed by atoms with Gasteiger partial charge in [-0.25, -0.2) is 10.8 Å². The molecule has 5 heteroatoms. The Kier molecular flexibility index (Phi) is 4.58. The summed E-state index contributed by atoms with van der Waals surface area (Å²) in [6, 6.07) is 13.6. The van der Waals surface area contributed by atoms with Crippen molar-refractivity contribution in [2.24, 2.45) is 10.8 Å². The number of nitrogens with zero attached hydrogens (tertiary/aromatic N) is 1. The molecule has 5 nitrogen and oxygen atoms in total. The van der Waals surface area contributed by atoms with Crippen molar-refractivity contribution in [3.63, 3.8) is 0 Å². The number of aliphatic imine (C=N–C) groups is 1. The molecule has 1 aromatic carbocycles. The predicted molar refractivity (Wildman–Crippen MR) is 76.7 cm³/mol. The Morgan fingerprint density at radius 3 is 2.68 bits per heavy atom. The largest absolute Gasteiger partial charge is 0.469 e. The molecule has 100 valence electrons. The molecule has 0 saturated heterocycles. The first-order valence-electron chi connectivity index (χ1n) is 6.17. The van der Waals surface area contributed by atoms with Crippen LogP contribution in [0.5, 0.6) is 0 Å². The molecule has 0 radical (unpaired) electrons. The number of hydrogen-bond acceptors (Lipinski definition) is 3. The van der Waals surface area contributed by atoms with Gasteiger partial charge in [0.25, 0.3) is 0 Å². The average Bonchev–Trinajstić information content (AvgIpc) is 2.92. The third kappa shape index (κ3) is 4.15. The normalized spacial score (nSPS) is 13.1. The van der Waals surface area contributed by atoms with Crippen LogP contribution in [0.15, 0.2) is 58.1 Å². The molecule has 1 atom stereocenters. The van der Waals surface area contributed by atoms with Gasteiger partial charge < -0.3 is 9.73 Å². The highest BCUT2D eigenvalue weighted by Crippen LogP contribution is 2.08. The maximum atomic E-state index is 5.48. The molecule has 0 bridgehead atoms. The van der Waals surface area contributed by atoms with Crippen LogP contribution in [-0.4, -0.2) is 12.0 Å². The van der Waals surface area contributed by atoms with Gasteiger partial charge in [-0.05, 0) is 31.2 Å². The second-order valence-electron chi connectivity index (χ2n) is 4.25. The Hall–Kier alpha value is -2.27. The van der Waals surface area contributed by atoms with E-state index in [1.807, 2.05) is 49.4 Å². The number of para-hydroxylation sites is 1. The smallest absolute Gasteiger partial charge is 0.210 e. The van der Waals surface area contributed by atoms with Crippen molar-refractivity contribution >= 4 is 11.6 Å². The fourth-order valence-electron chi connectivity index (χ4n) is 1.75. The topological polar surface area (TPSA) is 75.6 Å². The van der Waals surface area contributed by atoms with Crippen LogP contribution < -0.4 is 16.6 Å². The summed E-state index contributed by atoms with van der Waals surface area (Å²) in [4.78, 5) is 4.47. The molecule has 0 fully saturated rings. The van der Waals surface area contributed by atoms with Crippen LogP contribution in [-0.2, 0) is 6.42 Å². The lowest BCUT2D eigenvalue weighted by molar-refractivity contribution is 0.492. The van der Waals surface area contributed by atoms with E-state index in [1.165, 1.54) is 0 Å². The van der Waals surface area contributed by atoms with Crippen LogP contribution in [0.25, 0.3) is 0 Å². The van der Waals surface area contributed by atoms with Gasteiger partial charge >= 0.3 is 0 Å². The minimum Gasteiger partial charge on any atom is -0.469 e. The summed E-state index contributed by atoms with van der Waals surface area (Å²) in [5.74, 6) is 6.92. The molecule has 2 aromatic rings. The molecule has 1 aromatic heterocycles. The van der Waals surface area contributed by atoms with E-state index in [1.54, 1.807) is 6.26 Å². The molecule has 0 saturated carbocycles. The van der Waals surface area contributed by atoms with E-state index < -0.39 is 0 Å². The molecular weight excluding hydrogens is 240 g/mol. The minimum absolute atomic E-state index is 0.0633. The molecule has 0 spiro atoms. The highest BCUT2D eigenvalue weighted by atomic mass is 16.3. The zero-order valence-corrected chi connectivity index (χ0v) is 10.8. The lowest BCUT2D eigenvalue weighted by Crippen LogP contribution is -2.37. The molecule has 0 aliphatic heterocycles. The maximum absolute atomic E-state index is 5.48. The molecule has 2 rings (SSSR count). The molecule has 0 amide bonds. The van der Waals surface area contributed by atoms with Gasteiger partial charge in [-0.1, -0.05) is 18.2 Å². The van der Waals surface area contributed by atoms with E-state index >= 15 is 0 Å². The summed E-state index contributed by atoms with van der Waals surface area (Å²) in [6.07, 6.45) is 2.39.